The molecule has 0 fully saturated rings. The van der Waals surface area contributed by atoms with Crippen molar-refractivity contribution in [2.24, 2.45) is 11.8 Å². The van der Waals surface area contributed by atoms with Gasteiger partial charge in [-0.15, -0.1) is 0 Å². The van der Waals surface area contributed by atoms with E-state index >= 15 is 0 Å². The highest BCUT2D eigenvalue weighted by molar-refractivity contribution is 5.96. The van der Waals surface area contributed by atoms with Gasteiger partial charge in [-0.3, -0.25) is 0 Å². The normalized spacial score (nSPS) is 31.8. The molecule has 0 amide bonds. The Morgan fingerprint density at radius 3 is 3.00 bits per heavy atom. The minimum absolute atomic E-state index is 0.167. The monoisotopic (exact) mass is 134 g/mol. The number of allylic oxidation sites excluding steroid dienone is 2. The molecule has 0 saturated heterocycles. The van der Waals surface area contributed by atoms with Crippen molar-refractivity contribution in [3.8, 4) is 6.07 Å². The van der Waals surface area contributed by atoms with Gasteiger partial charge in [-0.25, -0.2) is 0 Å². The minimum atomic E-state index is -0.167. The maximum atomic E-state index is 8.55. The van der Waals surface area contributed by atoms with E-state index in [1.807, 2.05) is 6.08 Å². The van der Waals surface area contributed by atoms with Gasteiger partial charge in [0, 0.05) is 5.71 Å². The van der Waals surface area contributed by atoms with Crippen molar-refractivity contribution >= 4 is 5.71 Å². The molecule has 2 heteroatoms. The van der Waals surface area contributed by atoms with Crippen molar-refractivity contribution in [3.05, 3.63) is 12.2 Å². The van der Waals surface area contributed by atoms with Crippen LogP contribution in [0.15, 0.2) is 12.2 Å². The number of nitrogens with zero attached hydrogens (tertiary/aromatic N) is 1. The maximum Gasteiger partial charge on any atom is 0.0883 e. The van der Waals surface area contributed by atoms with Gasteiger partial charge in [0.15, 0.2) is 0 Å². The second-order valence-corrected chi connectivity index (χ2v) is 2.71. The van der Waals surface area contributed by atoms with Gasteiger partial charge in [-0.2, -0.15) is 5.26 Å². The topological polar surface area (TPSA) is 47.6 Å². The van der Waals surface area contributed by atoms with Gasteiger partial charge < -0.3 is 5.41 Å². The molecule has 1 aliphatic rings. The molecule has 0 aromatic heterocycles. The summed E-state index contributed by atoms with van der Waals surface area (Å²) >= 11 is 0. The molecule has 1 rings (SSSR count). The first kappa shape index (κ1) is 7.01. The lowest BCUT2D eigenvalue weighted by molar-refractivity contribution is 0.595. The summed E-state index contributed by atoms with van der Waals surface area (Å²) in [5.41, 5.74) is 0.459. The molecule has 2 unspecified atom stereocenters. The van der Waals surface area contributed by atoms with Gasteiger partial charge in [-0.1, -0.05) is 13.0 Å². The lowest BCUT2D eigenvalue weighted by atomic mass is 9.87. The average Bonchev–Trinajstić information content (AvgIpc) is 1.94. The van der Waals surface area contributed by atoms with Crippen LogP contribution in [0.25, 0.3) is 0 Å². The van der Waals surface area contributed by atoms with E-state index < -0.39 is 0 Å². The van der Waals surface area contributed by atoms with E-state index in [4.69, 9.17) is 10.7 Å². The highest BCUT2D eigenvalue weighted by Crippen LogP contribution is 2.19. The Labute approximate surface area is 60.7 Å². The van der Waals surface area contributed by atoms with Crippen molar-refractivity contribution in [2.45, 2.75) is 13.3 Å². The molecule has 0 aromatic rings. The lowest BCUT2D eigenvalue weighted by Gasteiger charge is -2.16. The molecule has 0 heterocycles. The quantitative estimate of drug-likeness (QED) is 0.539. The third-order valence-electron chi connectivity index (χ3n) is 1.74. The van der Waals surface area contributed by atoms with E-state index in [1.165, 1.54) is 0 Å². The van der Waals surface area contributed by atoms with Crippen LogP contribution < -0.4 is 0 Å². The molecule has 2 atom stereocenters. The van der Waals surface area contributed by atoms with Crippen molar-refractivity contribution in [1.82, 2.24) is 0 Å². The van der Waals surface area contributed by atoms with Gasteiger partial charge in [-0.05, 0) is 18.4 Å². The fourth-order valence-electron chi connectivity index (χ4n) is 1.08. The number of hydrogen-bond acceptors (Lipinski definition) is 2. The molecule has 0 aliphatic heterocycles. The molecule has 0 aromatic carbocycles. The van der Waals surface area contributed by atoms with Crippen LogP contribution >= 0.6 is 0 Å². The molecule has 1 aliphatic carbocycles. The fraction of sp³-hybridized carbons (Fsp3) is 0.500. The number of nitrogens with one attached hydrogen (secondary N) is 1. The largest absolute Gasteiger partial charge is 0.304 e. The average molecular weight is 134 g/mol. The molecule has 0 radical (unpaired) electrons. The molecule has 2 nitrogen and oxygen atoms in total. The molecule has 1 N–H and O–H groups in total. The fourth-order valence-corrected chi connectivity index (χ4v) is 1.08. The van der Waals surface area contributed by atoms with Crippen LogP contribution in [-0.4, -0.2) is 5.71 Å². The van der Waals surface area contributed by atoms with E-state index in [-0.39, 0.29) is 5.92 Å². The number of nitriles is 1. The molecule has 0 bridgehead atoms. The van der Waals surface area contributed by atoms with E-state index in [9.17, 15) is 0 Å². The van der Waals surface area contributed by atoms with E-state index in [2.05, 4.69) is 13.0 Å². The summed E-state index contributed by atoms with van der Waals surface area (Å²) < 4.78 is 0. The molecule has 0 spiro atoms. The second-order valence-electron chi connectivity index (χ2n) is 2.71. The predicted octanol–water partition coefficient (Wildman–Crippen LogP) is 1.74. The summed E-state index contributed by atoms with van der Waals surface area (Å²) in [6, 6.07) is 2.11. The van der Waals surface area contributed by atoms with E-state index in [1.54, 1.807) is 6.08 Å². The van der Waals surface area contributed by atoms with E-state index in [0.29, 0.717) is 11.6 Å². The van der Waals surface area contributed by atoms with Crippen LogP contribution in [0.4, 0.5) is 0 Å². The zero-order valence-electron chi connectivity index (χ0n) is 5.96. The molecular formula is C8H10N2. The maximum absolute atomic E-state index is 8.55. The summed E-state index contributed by atoms with van der Waals surface area (Å²) in [6.45, 7) is 2.06. The van der Waals surface area contributed by atoms with Gasteiger partial charge in [0.25, 0.3) is 0 Å². The van der Waals surface area contributed by atoms with Crippen molar-refractivity contribution < 1.29 is 0 Å². The summed E-state index contributed by atoms with van der Waals surface area (Å²) in [5.74, 6) is 0.291. The Balaban J connectivity index is 2.74. The Hall–Kier alpha value is -1.10. The third-order valence-corrected chi connectivity index (χ3v) is 1.74. The Kier molecular flexibility index (Phi) is 1.86. The van der Waals surface area contributed by atoms with Gasteiger partial charge in [0.1, 0.15) is 0 Å². The summed E-state index contributed by atoms with van der Waals surface area (Å²) in [5, 5.41) is 15.9. The van der Waals surface area contributed by atoms with Crippen LogP contribution in [0.3, 0.4) is 0 Å². The minimum Gasteiger partial charge on any atom is -0.304 e. The molecule has 10 heavy (non-hydrogen) atoms. The van der Waals surface area contributed by atoms with Crippen LogP contribution in [0, 0.1) is 28.6 Å². The van der Waals surface area contributed by atoms with Gasteiger partial charge in [0.2, 0.25) is 0 Å². The number of rotatable bonds is 0. The Morgan fingerprint density at radius 2 is 2.50 bits per heavy atom. The third kappa shape index (κ3) is 1.24. The summed E-state index contributed by atoms with van der Waals surface area (Å²) in [7, 11) is 0. The van der Waals surface area contributed by atoms with Gasteiger partial charge >= 0.3 is 0 Å². The zero-order chi connectivity index (χ0) is 7.56. The standard InChI is InChI=1S/C8H10N2/c1-6-2-3-8(10)7(4-6)5-9/h2-3,6-7,10H,4H2,1H3. The smallest absolute Gasteiger partial charge is 0.0883 e. The Bertz CT molecular complexity index is 210. The second kappa shape index (κ2) is 2.66. The van der Waals surface area contributed by atoms with Crippen LogP contribution in [0.5, 0.6) is 0 Å². The molecule has 0 saturated carbocycles. The first-order valence-electron chi connectivity index (χ1n) is 3.40. The highest BCUT2D eigenvalue weighted by Gasteiger charge is 2.18. The van der Waals surface area contributed by atoms with Crippen LogP contribution in [0.2, 0.25) is 0 Å². The van der Waals surface area contributed by atoms with Crippen molar-refractivity contribution in [2.75, 3.05) is 0 Å². The van der Waals surface area contributed by atoms with Gasteiger partial charge in [0.05, 0.1) is 12.0 Å². The van der Waals surface area contributed by atoms with Crippen molar-refractivity contribution in [3.63, 3.8) is 0 Å². The van der Waals surface area contributed by atoms with E-state index in [0.717, 1.165) is 6.42 Å². The lowest BCUT2D eigenvalue weighted by Crippen LogP contribution is -2.16. The first-order chi connectivity index (χ1) is 4.74. The van der Waals surface area contributed by atoms with Crippen LogP contribution in [0.1, 0.15) is 13.3 Å². The summed E-state index contributed by atoms with van der Waals surface area (Å²) in [6.07, 6.45) is 4.53. The molecular weight excluding hydrogens is 124 g/mol. The number of hydrogen-bond donors (Lipinski definition) is 1. The highest BCUT2D eigenvalue weighted by atomic mass is 14.5. The molecule has 52 valence electrons. The summed E-state index contributed by atoms with van der Waals surface area (Å²) in [4.78, 5) is 0. The Morgan fingerprint density at radius 1 is 1.80 bits per heavy atom. The van der Waals surface area contributed by atoms with Crippen LogP contribution in [-0.2, 0) is 0 Å². The predicted molar refractivity (Wildman–Crippen MR) is 39.8 cm³/mol. The zero-order valence-corrected chi connectivity index (χ0v) is 5.96. The first-order valence-corrected chi connectivity index (χ1v) is 3.40. The SMILES string of the molecule is CC1C=CC(=N)C(C#N)C1. The van der Waals surface area contributed by atoms with Crippen molar-refractivity contribution in [1.29, 1.82) is 10.7 Å².